The number of nitrogens with two attached hydrogens (primary N) is 1. The summed E-state index contributed by atoms with van der Waals surface area (Å²) in [5.74, 6) is 0. The average molecular weight is 230 g/mol. The maximum Gasteiger partial charge on any atom is 0.107 e. The molecule has 0 saturated heterocycles. The molecule has 0 aliphatic carbocycles. The highest BCUT2D eigenvalue weighted by molar-refractivity contribution is 5.85. The van der Waals surface area contributed by atoms with Crippen molar-refractivity contribution in [3.63, 3.8) is 0 Å². The fourth-order valence-corrected chi connectivity index (χ4v) is 2.13. The van der Waals surface area contributed by atoms with E-state index < -0.39 is 0 Å². The van der Waals surface area contributed by atoms with E-state index in [1.54, 1.807) is 7.11 Å². The molecule has 2 nitrogen and oxygen atoms in total. The van der Waals surface area contributed by atoms with Crippen molar-refractivity contribution in [3.05, 3.63) is 48.0 Å². The zero-order valence-corrected chi connectivity index (χ0v) is 10.5. The first-order valence-corrected chi connectivity index (χ1v) is 6.10. The van der Waals surface area contributed by atoms with Crippen molar-refractivity contribution in [2.24, 2.45) is 0 Å². The van der Waals surface area contributed by atoms with Gasteiger partial charge in [-0.05, 0) is 17.7 Å². The van der Waals surface area contributed by atoms with Crippen LogP contribution in [0.4, 0.5) is 0 Å². The lowest BCUT2D eigenvalue weighted by atomic mass is 10.0. The van der Waals surface area contributed by atoms with E-state index in [1.807, 2.05) is 0 Å². The maximum atomic E-state index is 5.15. The summed E-state index contributed by atoms with van der Waals surface area (Å²) < 4.78 is 5.15. The van der Waals surface area contributed by atoms with Crippen molar-refractivity contribution in [2.45, 2.75) is 19.5 Å². The number of ether oxygens (including phenoxy) is 1. The van der Waals surface area contributed by atoms with Crippen molar-refractivity contribution in [3.8, 4) is 0 Å². The van der Waals surface area contributed by atoms with E-state index in [0.29, 0.717) is 6.04 Å². The second kappa shape index (κ2) is 5.80. The van der Waals surface area contributed by atoms with Crippen LogP contribution in [0.25, 0.3) is 10.8 Å². The first-order chi connectivity index (χ1) is 8.31. The predicted molar refractivity (Wildman–Crippen MR) is 70.9 cm³/mol. The molecule has 2 heteroatoms. The number of benzene rings is 2. The molecule has 0 unspecified atom stereocenters. The van der Waals surface area contributed by atoms with Crippen LogP contribution in [0, 0.1) is 0 Å². The van der Waals surface area contributed by atoms with Crippen LogP contribution < -0.4 is 5.32 Å². The summed E-state index contributed by atoms with van der Waals surface area (Å²) in [5.41, 5.74) is 1.39. The number of rotatable bonds is 5. The second-order valence-corrected chi connectivity index (χ2v) is 4.51. The number of methoxy groups -OCH3 is 1. The highest BCUT2D eigenvalue weighted by atomic mass is 16.5. The molecule has 2 aromatic rings. The quantitative estimate of drug-likeness (QED) is 0.834. The predicted octanol–water partition coefficient (Wildman–Crippen LogP) is 1.94. The normalized spacial score (nSPS) is 12.8. The highest BCUT2D eigenvalue weighted by Gasteiger charge is 2.06. The standard InChI is InChI=1S/C15H19NO/c1-12(11-17-2)16-10-14-8-5-7-13-6-3-4-9-15(13)14/h3-9,12,16H,10-11H2,1-2H3/p+1/t12-/m0/s1. The molecular formula is C15H20NO+. The van der Waals surface area contributed by atoms with Gasteiger partial charge < -0.3 is 10.1 Å². The molecule has 0 radical (unpaired) electrons. The SMILES string of the molecule is COC[C@H](C)[NH2+]Cc1cccc2ccccc12. The summed E-state index contributed by atoms with van der Waals surface area (Å²) in [5, 5.41) is 5.00. The topological polar surface area (TPSA) is 25.8 Å². The Morgan fingerprint density at radius 1 is 1.12 bits per heavy atom. The lowest BCUT2D eigenvalue weighted by Crippen LogP contribution is -2.88. The molecule has 17 heavy (non-hydrogen) atoms. The summed E-state index contributed by atoms with van der Waals surface area (Å²) in [7, 11) is 1.75. The van der Waals surface area contributed by atoms with E-state index in [9.17, 15) is 0 Å². The molecule has 0 aliphatic heterocycles. The van der Waals surface area contributed by atoms with Crippen LogP contribution in [0.2, 0.25) is 0 Å². The zero-order valence-electron chi connectivity index (χ0n) is 10.5. The van der Waals surface area contributed by atoms with Gasteiger partial charge in [0.25, 0.3) is 0 Å². The summed E-state index contributed by atoms with van der Waals surface area (Å²) in [4.78, 5) is 0. The van der Waals surface area contributed by atoms with Crippen LogP contribution in [0.1, 0.15) is 12.5 Å². The molecule has 0 aromatic heterocycles. The third-order valence-corrected chi connectivity index (χ3v) is 3.05. The Bertz CT molecular complexity index is 476. The monoisotopic (exact) mass is 230 g/mol. The Morgan fingerprint density at radius 3 is 2.71 bits per heavy atom. The smallest absolute Gasteiger partial charge is 0.107 e. The van der Waals surface area contributed by atoms with E-state index in [4.69, 9.17) is 4.74 Å². The average Bonchev–Trinajstić information content (AvgIpc) is 2.36. The van der Waals surface area contributed by atoms with Gasteiger partial charge in [-0.3, -0.25) is 0 Å². The summed E-state index contributed by atoms with van der Waals surface area (Å²) in [6.45, 7) is 3.99. The molecule has 2 rings (SSSR count). The number of hydrogen-bond donors (Lipinski definition) is 1. The Balaban J connectivity index is 2.13. The minimum atomic E-state index is 0.499. The lowest BCUT2D eigenvalue weighted by molar-refractivity contribution is -0.702. The summed E-state index contributed by atoms with van der Waals surface area (Å²) in [6, 6.07) is 15.5. The third-order valence-electron chi connectivity index (χ3n) is 3.05. The molecule has 0 spiro atoms. The van der Waals surface area contributed by atoms with Gasteiger partial charge in [0.15, 0.2) is 0 Å². The van der Waals surface area contributed by atoms with Gasteiger partial charge in [0, 0.05) is 12.7 Å². The molecule has 0 heterocycles. The number of hydrogen-bond acceptors (Lipinski definition) is 1. The largest absolute Gasteiger partial charge is 0.379 e. The van der Waals surface area contributed by atoms with Crippen LogP contribution in [-0.4, -0.2) is 19.8 Å². The molecule has 0 amide bonds. The third kappa shape index (κ3) is 3.05. The van der Waals surface area contributed by atoms with Crippen molar-refractivity contribution in [2.75, 3.05) is 13.7 Å². The van der Waals surface area contributed by atoms with Crippen molar-refractivity contribution in [1.82, 2.24) is 0 Å². The van der Waals surface area contributed by atoms with E-state index in [2.05, 4.69) is 54.7 Å². The van der Waals surface area contributed by atoms with Crippen LogP contribution in [0.3, 0.4) is 0 Å². The van der Waals surface area contributed by atoms with Crippen molar-refractivity contribution >= 4 is 10.8 Å². The molecule has 0 saturated carbocycles. The first kappa shape index (κ1) is 12.1. The molecule has 1 atom stereocenters. The Kier molecular flexibility index (Phi) is 4.13. The minimum absolute atomic E-state index is 0.499. The van der Waals surface area contributed by atoms with Crippen LogP contribution in [0.15, 0.2) is 42.5 Å². The van der Waals surface area contributed by atoms with Gasteiger partial charge in [0.1, 0.15) is 12.6 Å². The number of quaternary nitrogens is 1. The zero-order chi connectivity index (χ0) is 12.1. The van der Waals surface area contributed by atoms with Gasteiger partial charge in [-0.2, -0.15) is 0 Å². The Morgan fingerprint density at radius 2 is 1.88 bits per heavy atom. The van der Waals surface area contributed by atoms with E-state index in [0.717, 1.165) is 13.2 Å². The van der Waals surface area contributed by atoms with Gasteiger partial charge >= 0.3 is 0 Å². The van der Waals surface area contributed by atoms with E-state index in [1.165, 1.54) is 16.3 Å². The Labute approximate surface area is 103 Å². The molecule has 2 aromatic carbocycles. The van der Waals surface area contributed by atoms with Crippen LogP contribution in [-0.2, 0) is 11.3 Å². The lowest BCUT2D eigenvalue weighted by Gasteiger charge is -2.11. The van der Waals surface area contributed by atoms with Crippen molar-refractivity contribution < 1.29 is 10.1 Å². The van der Waals surface area contributed by atoms with Crippen LogP contribution >= 0.6 is 0 Å². The molecule has 0 bridgehead atoms. The van der Waals surface area contributed by atoms with Gasteiger partial charge in [-0.15, -0.1) is 0 Å². The second-order valence-electron chi connectivity index (χ2n) is 4.51. The highest BCUT2D eigenvalue weighted by Crippen LogP contribution is 2.17. The summed E-state index contributed by atoms with van der Waals surface area (Å²) in [6.07, 6.45) is 0. The van der Waals surface area contributed by atoms with Crippen molar-refractivity contribution in [1.29, 1.82) is 0 Å². The van der Waals surface area contributed by atoms with Gasteiger partial charge in [-0.25, -0.2) is 0 Å². The maximum absolute atomic E-state index is 5.15. The fourth-order valence-electron chi connectivity index (χ4n) is 2.13. The molecule has 0 aliphatic rings. The summed E-state index contributed by atoms with van der Waals surface area (Å²) >= 11 is 0. The number of fused-ring (bicyclic) bond motifs is 1. The Hall–Kier alpha value is -1.38. The molecular weight excluding hydrogens is 210 g/mol. The molecule has 0 fully saturated rings. The van der Waals surface area contributed by atoms with Gasteiger partial charge in [0.2, 0.25) is 0 Å². The fraction of sp³-hybridized carbons (Fsp3) is 0.333. The minimum Gasteiger partial charge on any atom is -0.379 e. The first-order valence-electron chi connectivity index (χ1n) is 6.10. The van der Waals surface area contributed by atoms with Gasteiger partial charge in [-0.1, -0.05) is 42.5 Å². The van der Waals surface area contributed by atoms with E-state index >= 15 is 0 Å². The van der Waals surface area contributed by atoms with E-state index in [-0.39, 0.29) is 0 Å². The molecule has 2 N–H and O–H groups in total. The van der Waals surface area contributed by atoms with Gasteiger partial charge in [0.05, 0.1) is 6.61 Å². The molecule has 90 valence electrons. The van der Waals surface area contributed by atoms with Crippen LogP contribution in [0.5, 0.6) is 0 Å².